The Kier molecular flexibility index (Phi) is 4.88. The smallest absolute Gasteiger partial charge is 0.244 e. The number of anilines is 1. The Labute approximate surface area is 155 Å². The van der Waals surface area contributed by atoms with E-state index in [0.29, 0.717) is 38.2 Å². The van der Waals surface area contributed by atoms with Crippen molar-refractivity contribution in [3.8, 4) is 0 Å². The molecule has 0 N–H and O–H groups in total. The van der Waals surface area contributed by atoms with Crippen LogP contribution in [0.1, 0.15) is 18.1 Å². The Balaban J connectivity index is 1.49. The number of para-hydroxylation sites is 1. The quantitative estimate of drug-likeness (QED) is 0.824. The Morgan fingerprint density at radius 2 is 1.78 bits per heavy atom. The van der Waals surface area contributed by atoms with Gasteiger partial charge >= 0.3 is 0 Å². The molecule has 0 radical (unpaired) electrons. The molecule has 4 rings (SSSR count). The predicted molar refractivity (Wildman–Crippen MR) is 93.8 cm³/mol. The fourth-order valence-corrected chi connectivity index (χ4v) is 3.78. The third-order valence-electron chi connectivity index (χ3n) is 5.17. The van der Waals surface area contributed by atoms with Gasteiger partial charge in [0, 0.05) is 19.6 Å². The molecule has 2 fully saturated rings. The molecule has 0 saturated carbocycles. The first kappa shape index (κ1) is 18.0. The zero-order valence-corrected chi connectivity index (χ0v) is 14.6. The number of carbonyl (C=O) groups excluding carboxylic acids is 1. The molecule has 2 aromatic carbocycles. The van der Waals surface area contributed by atoms with Crippen LogP contribution in [0, 0.1) is 17.5 Å². The van der Waals surface area contributed by atoms with Crippen molar-refractivity contribution in [3.63, 3.8) is 0 Å². The Morgan fingerprint density at radius 3 is 2.56 bits per heavy atom. The summed E-state index contributed by atoms with van der Waals surface area (Å²) in [5, 5.41) is 0. The summed E-state index contributed by atoms with van der Waals surface area (Å²) in [6, 6.07) is 9.55. The lowest BCUT2D eigenvalue weighted by atomic mass is 10.1. The van der Waals surface area contributed by atoms with Crippen LogP contribution < -0.4 is 4.90 Å². The van der Waals surface area contributed by atoms with Crippen molar-refractivity contribution >= 4 is 11.6 Å². The number of carbonyl (C=O) groups is 1. The normalized spacial score (nSPS) is 23.8. The van der Waals surface area contributed by atoms with Crippen LogP contribution in [0.25, 0.3) is 0 Å². The first-order valence-electron chi connectivity index (χ1n) is 8.91. The molecule has 0 aromatic heterocycles. The Morgan fingerprint density at radius 1 is 0.963 bits per heavy atom. The maximum absolute atomic E-state index is 14.0. The number of hydrogen-bond acceptors (Lipinski definition) is 3. The van der Waals surface area contributed by atoms with Crippen LogP contribution in [0.4, 0.5) is 18.9 Å². The third kappa shape index (κ3) is 3.44. The third-order valence-corrected chi connectivity index (χ3v) is 5.17. The molecule has 142 valence electrons. The number of rotatable bonds is 3. The number of amides is 1. The fourth-order valence-electron chi connectivity index (χ4n) is 3.78. The molecule has 2 aromatic rings. The highest BCUT2D eigenvalue weighted by Gasteiger charge is 2.39. The van der Waals surface area contributed by atoms with E-state index >= 15 is 0 Å². The minimum atomic E-state index is -0.920. The van der Waals surface area contributed by atoms with Crippen molar-refractivity contribution in [1.82, 2.24) is 4.90 Å². The summed E-state index contributed by atoms with van der Waals surface area (Å²) in [6.07, 6.45) is 0.140. The van der Waals surface area contributed by atoms with Gasteiger partial charge in [-0.2, -0.15) is 0 Å². The minimum absolute atomic E-state index is 0.147. The fraction of sp³-hybridized carbons (Fsp3) is 0.350. The van der Waals surface area contributed by atoms with E-state index in [1.165, 1.54) is 17.0 Å². The summed E-state index contributed by atoms with van der Waals surface area (Å²) in [5.41, 5.74) is 0.824. The van der Waals surface area contributed by atoms with E-state index in [9.17, 15) is 18.0 Å². The van der Waals surface area contributed by atoms with Crippen molar-refractivity contribution in [2.75, 3.05) is 31.1 Å². The number of halogens is 3. The topological polar surface area (TPSA) is 32.8 Å². The highest BCUT2D eigenvalue weighted by molar-refractivity contribution is 5.99. The minimum Gasteiger partial charge on any atom is -0.371 e. The summed E-state index contributed by atoms with van der Waals surface area (Å²) >= 11 is 0. The summed E-state index contributed by atoms with van der Waals surface area (Å²) in [7, 11) is 0. The molecule has 0 unspecified atom stereocenters. The standard InChI is InChI=1S/C20H19F3N2O2/c21-14-6-5-13(11-16(14)23)19-12-24(9-10-27-19)18-7-8-25(20(18)26)17-4-2-1-3-15(17)22/h1-6,11,18-19H,7-10,12H2/t18-,19+/m1/s1. The van der Waals surface area contributed by atoms with E-state index in [0.717, 1.165) is 12.1 Å². The van der Waals surface area contributed by atoms with E-state index in [4.69, 9.17) is 4.74 Å². The van der Waals surface area contributed by atoms with E-state index in [1.54, 1.807) is 18.2 Å². The van der Waals surface area contributed by atoms with Gasteiger partial charge in [-0.05, 0) is 36.2 Å². The highest BCUT2D eigenvalue weighted by Crippen LogP contribution is 2.30. The lowest BCUT2D eigenvalue weighted by Crippen LogP contribution is -2.48. The monoisotopic (exact) mass is 376 g/mol. The second kappa shape index (κ2) is 7.32. The lowest BCUT2D eigenvalue weighted by Gasteiger charge is -2.36. The van der Waals surface area contributed by atoms with Gasteiger partial charge in [-0.15, -0.1) is 0 Å². The molecule has 27 heavy (non-hydrogen) atoms. The van der Waals surface area contributed by atoms with Gasteiger partial charge in [-0.1, -0.05) is 18.2 Å². The number of hydrogen-bond donors (Lipinski definition) is 0. The molecule has 1 amide bonds. The van der Waals surface area contributed by atoms with E-state index in [1.807, 2.05) is 4.90 Å². The number of morpholine rings is 1. The summed E-state index contributed by atoms with van der Waals surface area (Å²) in [4.78, 5) is 16.3. The van der Waals surface area contributed by atoms with Crippen molar-refractivity contribution in [2.45, 2.75) is 18.6 Å². The van der Waals surface area contributed by atoms with Gasteiger partial charge in [0.15, 0.2) is 11.6 Å². The molecule has 2 aliphatic rings. The van der Waals surface area contributed by atoms with E-state index in [-0.39, 0.29) is 17.6 Å². The van der Waals surface area contributed by atoms with Gasteiger partial charge in [0.1, 0.15) is 5.82 Å². The van der Waals surface area contributed by atoms with Gasteiger partial charge in [0.25, 0.3) is 0 Å². The van der Waals surface area contributed by atoms with Gasteiger partial charge < -0.3 is 9.64 Å². The van der Waals surface area contributed by atoms with Crippen molar-refractivity contribution < 1.29 is 22.7 Å². The van der Waals surface area contributed by atoms with Crippen molar-refractivity contribution in [3.05, 3.63) is 65.5 Å². The number of ether oxygens (including phenoxy) is 1. The molecule has 0 bridgehead atoms. The summed E-state index contributed by atoms with van der Waals surface area (Å²) < 4.78 is 46.4. The largest absolute Gasteiger partial charge is 0.371 e. The van der Waals surface area contributed by atoms with Crippen LogP contribution in [-0.4, -0.2) is 43.1 Å². The van der Waals surface area contributed by atoms with Crippen molar-refractivity contribution in [1.29, 1.82) is 0 Å². The van der Waals surface area contributed by atoms with Crippen LogP contribution in [0.3, 0.4) is 0 Å². The summed E-state index contributed by atoms with van der Waals surface area (Å²) in [6.45, 7) is 1.78. The number of benzene rings is 2. The van der Waals surface area contributed by atoms with Crippen LogP contribution in [0.15, 0.2) is 42.5 Å². The maximum atomic E-state index is 14.0. The molecule has 2 saturated heterocycles. The van der Waals surface area contributed by atoms with Crippen LogP contribution in [0.5, 0.6) is 0 Å². The second-order valence-electron chi connectivity index (χ2n) is 6.77. The molecule has 2 atom stereocenters. The second-order valence-corrected chi connectivity index (χ2v) is 6.77. The zero-order valence-electron chi connectivity index (χ0n) is 14.6. The zero-order chi connectivity index (χ0) is 19.0. The molecule has 4 nitrogen and oxygen atoms in total. The van der Waals surface area contributed by atoms with Gasteiger partial charge in [-0.25, -0.2) is 13.2 Å². The van der Waals surface area contributed by atoms with E-state index in [2.05, 4.69) is 0 Å². The van der Waals surface area contributed by atoms with Gasteiger partial charge in [-0.3, -0.25) is 9.69 Å². The van der Waals surface area contributed by atoms with Crippen LogP contribution in [-0.2, 0) is 9.53 Å². The number of nitrogens with zero attached hydrogens (tertiary/aromatic N) is 2. The first-order chi connectivity index (χ1) is 13.0. The Bertz CT molecular complexity index is 861. The molecule has 2 aliphatic heterocycles. The molecule has 2 heterocycles. The maximum Gasteiger partial charge on any atom is 0.244 e. The molecule has 7 heteroatoms. The van der Waals surface area contributed by atoms with Crippen molar-refractivity contribution in [2.24, 2.45) is 0 Å². The predicted octanol–water partition coefficient (Wildman–Crippen LogP) is 3.28. The van der Waals surface area contributed by atoms with Crippen LogP contribution in [0.2, 0.25) is 0 Å². The molecule has 0 aliphatic carbocycles. The molecular weight excluding hydrogens is 357 g/mol. The SMILES string of the molecule is O=C1[C@H](N2CCO[C@H](c3ccc(F)c(F)c3)C2)CCN1c1ccccc1F. The highest BCUT2D eigenvalue weighted by atomic mass is 19.2. The van der Waals surface area contributed by atoms with E-state index < -0.39 is 23.6 Å². The van der Waals surface area contributed by atoms with Crippen LogP contribution >= 0.6 is 0 Å². The Hall–Kier alpha value is -2.38. The average Bonchev–Trinajstić information content (AvgIpc) is 3.06. The van der Waals surface area contributed by atoms with Gasteiger partial charge in [0.2, 0.25) is 5.91 Å². The molecular formula is C20H19F3N2O2. The lowest BCUT2D eigenvalue weighted by molar-refractivity contribution is -0.125. The average molecular weight is 376 g/mol. The molecule has 0 spiro atoms. The van der Waals surface area contributed by atoms with Gasteiger partial charge in [0.05, 0.1) is 24.4 Å². The first-order valence-corrected chi connectivity index (χ1v) is 8.91. The summed E-state index contributed by atoms with van der Waals surface area (Å²) in [5.74, 6) is -2.40.